The Morgan fingerprint density at radius 3 is 2.56 bits per heavy atom. The van der Waals surface area contributed by atoms with Crippen LogP contribution in [0.2, 0.25) is 0 Å². The third-order valence-electron chi connectivity index (χ3n) is 4.25. The molecule has 2 rings (SSSR count). The predicted molar refractivity (Wildman–Crippen MR) is 74.8 cm³/mol. The highest BCUT2D eigenvalue weighted by molar-refractivity contribution is 5.87. The van der Waals surface area contributed by atoms with E-state index in [0.29, 0.717) is 12.2 Å². The predicted octanol–water partition coefficient (Wildman–Crippen LogP) is 2.80. The fraction of sp³-hybridized carbons (Fsp3) is 0.562. The largest absolute Gasteiger partial charge is 0.316 e. The van der Waals surface area contributed by atoms with E-state index in [9.17, 15) is 4.79 Å². The van der Waals surface area contributed by atoms with Gasteiger partial charge in [0.05, 0.1) is 0 Å². The summed E-state index contributed by atoms with van der Waals surface area (Å²) in [5.74, 6) is 0.382. The van der Waals surface area contributed by atoms with Crippen molar-refractivity contribution < 1.29 is 4.79 Å². The van der Waals surface area contributed by atoms with Crippen LogP contribution >= 0.6 is 0 Å². The van der Waals surface area contributed by atoms with Crippen molar-refractivity contribution in [1.82, 2.24) is 5.32 Å². The van der Waals surface area contributed by atoms with E-state index < -0.39 is 0 Å². The maximum atomic E-state index is 12.6. The molecule has 2 heteroatoms. The average molecular weight is 245 g/mol. The van der Waals surface area contributed by atoms with E-state index in [4.69, 9.17) is 0 Å². The highest BCUT2D eigenvalue weighted by Crippen LogP contribution is 2.29. The zero-order valence-electron chi connectivity index (χ0n) is 11.7. The monoisotopic (exact) mass is 245 g/mol. The molecule has 2 nitrogen and oxygen atoms in total. The van der Waals surface area contributed by atoms with Crippen LogP contribution in [0.3, 0.4) is 0 Å². The minimum absolute atomic E-state index is 0.174. The van der Waals surface area contributed by atoms with Gasteiger partial charge in [-0.05, 0) is 49.9 Å². The van der Waals surface area contributed by atoms with Crippen molar-refractivity contribution in [1.29, 1.82) is 0 Å². The quantitative estimate of drug-likeness (QED) is 0.887. The number of ketones is 1. The maximum Gasteiger partial charge on any atom is 0.144 e. The van der Waals surface area contributed by atoms with Crippen molar-refractivity contribution in [2.75, 3.05) is 13.1 Å². The zero-order chi connectivity index (χ0) is 13.2. The van der Waals surface area contributed by atoms with Crippen LogP contribution in [0.4, 0.5) is 0 Å². The Labute approximate surface area is 110 Å². The molecule has 0 radical (unpaired) electrons. The molecule has 0 bridgehead atoms. The van der Waals surface area contributed by atoms with E-state index >= 15 is 0 Å². The number of rotatable bonds is 3. The summed E-state index contributed by atoms with van der Waals surface area (Å²) in [6.07, 6.45) is 2.70. The molecule has 1 aliphatic heterocycles. The Morgan fingerprint density at radius 1 is 1.33 bits per heavy atom. The van der Waals surface area contributed by atoms with Crippen LogP contribution in [-0.2, 0) is 11.2 Å². The first-order valence-electron chi connectivity index (χ1n) is 6.82. The number of nitrogens with one attached hydrogen (secondary N) is 1. The number of carbonyl (C=O) groups is 1. The summed E-state index contributed by atoms with van der Waals surface area (Å²) in [4.78, 5) is 12.6. The summed E-state index contributed by atoms with van der Waals surface area (Å²) >= 11 is 0. The number of carbonyl (C=O) groups excluding carboxylic acids is 1. The Morgan fingerprint density at radius 2 is 2.00 bits per heavy atom. The van der Waals surface area contributed by atoms with Crippen molar-refractivity contribution in [2.24, 2.45) is 5.41 Å². The number of hydrogen-bond donors (Lipinski definition) is 1. The lowest BCUT2D eigenvalue weighted by molar-refractivity contribution is -0.128. The second-order valence-corrected chi connectivity index (χ2v) is 5.81. The number of benzene rings is 1. The molecule has 0 aromatic heterocycles. The SMILES string of the molecule is Cc1cccc(C)c1CC(=O)C1(C)CCCNC1. The molecular weight excluding hydrogens is 222 g/mol. The standard InChI is InChI=1S/C16H23NO/c1-12-6-4-7-13(2)14(12)10-15(18)16(3)8-5-9-17-11-16/h4,6-7,17H,5,8-11H2,1-3H3. The molecule has 98 valence electrons. The number of Topliss-reactive ketones (excluding diaryl/α,β-unsaturated/α-hetero) is 1. The van der Waals surface area contributed by atoms with Crippen LogP contribution in [0.5, 0.6) is 0 Å². The van der Waals surface area contributed by atoms with Crippen LogP contribution < -0.4 is 5.32 Å². The van der Waals surface area contributed by atoms with E-state index in [1.807, 2.05) is 0 Å². The van der Waals surface area contributed by atoms with Crippen molar-refractivity contribution in [3.05, 3.63) is 34.9 Å². The highest BCUT2D eigenvalue weighted by atomic mass is 16.1. The summed E-state index contributed by atoms with van der Waals surface area (Å²) in [6, 6.07) is 6.25. The van der Waals surface area contributed by atoms with Gasteiger partial charge in [-0.3, -0.25) is 4.79 Å². The van der Waals surface area contributed by atoms with Gasteiger partial charge in [0.2, 0.25) is 0 Å². The third-order valence-corrected chi connectivity index (χ3v) is 4.25. The normalized spacial score (nSPS) is 23.9. The van der Waals surface area contributed by atoms with Gasteiger partial charge in [0.25, 0.3) is 0 Å². The van der Waals surface area contributed by atoms with Crippen LogP contribution in [0, 0.1) is 19.3 Å². The summed E-state index contributed by atoms with van der Waals surface area (Å²) in [6.45, 7) is 8.17. The molecule has 1 aromatic rings. The molecule has 1 unspecified atom stereocenters. The minimum Gasteiger partial charge on any atom is -0.316 e. The van der Waals surface area contributed by atoms with Gasteiger partial charge in [-0.1, -0.05) is 25.1 Å². The van der Waals surface area contributed by atoms with Gasteiger partial charge >= 0.3 is 0 Å². The molecule has 1 fully saturated rings. The van der Waals surface area contributed by atoms with Gasteiger partial charge in [-0.25, -0.2) is 0 Å². The average Bonchev–Trinajstić information content (AvgIpc) is 2.34. The Balaban J connectivity index is 2.16. The minimum atomic E-state index is -0.174. The van der Waals surface area contributed by atoms with Gasteiger partial charge in [0.1, 0.15) is 5.78 Å². The molecule has 1 aliphatic rings. The van der Waals surface area contributed by atoms with E-state index in [-0.39, 0.29) is 5.41 Å². The number of piperidine rings is 1. The highest BCUT2D eigenvalue weighted by Gasteiger charge is 2.34. The smallest absolute Gasteiger partial charge is 0.144 e. The van der Waals surface area contributed by atoms with Crippen molar-refractivity contribution >= 4 is 5.78 Å². The molecule has 0 spiro atoms. The Bertz CT molecular complexity index is 424. The third kappa shape index (κ3) is 2.64. The van der Waals surface area contributed by atoms with Crippen molar-refractivity contribution in [2.45, 2.75) is 40.0 Å². The molecule has 1 atom stereocenters. The second-order valence-electron chi connectivity index (χ2n) is 5.81. The van der Waals surface area contributed by atoms with E-state index in [0.717, 1.165) is 25.9 Å². The molecule has 0 amide bonds. The molecule has 0 aliphatic carbocycles. The van der Waals surface area contributed by atoms with Gasteiger partial charge in [0.15, 0.2) is 0 Å². The molecule has 1 aromatic carbocycles. The molecular formula is C16H23NO. The van der Waals surface area contributed by atoms with Crippen LogP contribution in [0.15, 0.2) is 18.2 Å². The van der Waals surface area contributed by atoms with Gasteiger partial charge in [0, 0.05) is 18.4 Å². The van der Waals surface area contributed by atoms with Gasteiger partial charge in [-0.15, -0.1) is 0 Å². The molecule has 1 saturated heterocycles. The van der Waals surface area contributed by atoms with Crippen LogP contribution in [0.1, 0.15) is 36.5 Å². The number of hydrogen-bond acceptors (Lipinski definition) is 2. The van der Waals surface area contributed by atoms with Crippen LogP contribution in [0.25, 0.3) is 0 Å². The first-order valence-corrected chi connectivity index (χ1v) is 6.82. The molecule has 18 heavy (non-hydrogen) atoms. The van der Waals surface area contributed by atoms with Gasteiger partial charge < -0.3 is 5.32 Å². The fourth-order valence-electron chi connectivity index (χ4n) is 2.80. The lowest BCUT2D eigenvalue weighted by Gasteiger charge is -2.33. The Kier molecular flexibility index (Phi) is 3.86. The topological polar surface area (TPSA) is 29.1 Å². The summed E-state index contributed by atoms with van der Waals surface area (Å²) in [5.41, 5.74) is 3.51. The lowest BCUT2D eigenvalue weighted by Crippen LogP contribution is -2.44. The zero-order valence-corrected chi connectivity index (χ0v) is 11.7. The summed E-state index contributed by atoms with van der Waals surface area (Å²) in [7, 11) is 0. The second kappa shape index (κ2) is 5.23. The molecule has 1 heterocycles. The Hall–Kier alpha value is -1.15. The van der Waals surface area contributed by atoms with E-state index in [1.165, 1.54) is 16.7 Å². The molecule has 0 saturated carbocycles. The first kappa shape index (κ1) is 13.3. The molecule has 1 N–H and O–H groups in total. The maximum absolute atomic E-state index is 12.6. The lowest BCUT2D eigenvalue weighted by atomic mass is 9.76. The van der Waals surface area contributed by atoms with Crippen molar-refractivity contribution in [3.63, 3.8) is 0 Å². The van der Waals surface area contributed by atoms with Crippen LogP contribution in [-0.4, -0.2) is 18.9 Å². The summed E-state index contributed by atoms with van der Waals surface area (Å²) in [5, 5.41) is 3.35. The fourth-order valence-corrected chi connectivity index (χ4v) is 2.80. The first-order chi connectivity index (χ1) is 8.53. The van der Waals surface area contributed by atoms with Crippen molar-refractivity contribution in [3.8, 4) is 0 Å². The van der Waals surface area contributed by atoms with Gasteiger partial charge in [-0.2, -0.15) is 0 Å². The van der Waals surface area contributed by atoms with E-state index in [2.05, 4.69) is 44.3 Å². The number of aryl methyl sites for hydroxylation is 2. The van der Waals surface area contributed by atoms with E-state index in [1.54, 1.807) is 0 Å². The summed E-state index contributed by atoms with van der Waals surface area (Å²) < 4.78 is 0.